The maximum absolute atomic E-state index is 13.4. The van der Waals surface area contributed by atoms with Gasteiger partial charge in [0.15, 0.2) is 0 Å². The van der Waals surface area contributed by atoms with E-state index in [4.69, 9.17) is 10.8 Å². The predicted molar refractivity (Wildman–Crippen MR) is 54.6 cm³/mol. The van der Waals surface area contributed by atoms with E-state index in [-0.39, 0.29) is 0 Å². The Morgan fingerprint density at radius 1 is 1.35 bits per heavy atom. The third kappa shape index (κ3) is 3.20. The molecule has 1 aromatic rings. The highest BCUT2D eigenvalue weighted by Gasteiger charge is 2.42. The van der Waals surface area contributed by atoms with Crippen LogP contribution in [0.3, 0.4) is 0 Å². The normalized spacial score (nSPS) is 11.8. The van der Waals surface area contributed by atoms with E-state index in [1.165, 1.54) is 12.1 Å². The van der Waals surface area contributed by atoms with E-state index >= 15 is 0 Å². The minimum Gasteiger partial charge on any atom is -0.390 e. The fraction of sp³-hybridized carbons (Fsp3) is 0.273. The number of benzene rings is 1. The number of hydrogen-bond donors (Lipinski definition) is 2. The van der Waals surface area contributed by atoms with E-state index in [0.717, 1.165) is 12.1 Å². The summed E-state index contributed by atoms with van der Waals surface area (Å²) in [6, 6.07) is 4.78. The lowest BCUT2D eigenvalue weighted by Crippen LogP contribution is -2.35. The number of nitrogens with two attached hydrogens (primary N) is 1. The summed E-state index contributed by atoms with van der Waals surface area (Å²) in [6.07, 6.45) is -0.811. The third-order valence-electron chi connectivity index (χ3n) is 2.19. The lowest BCUT2D eigenvalue weighted by Gasteiger charge is -2.24. The van der Waals surface area contributed by atoms with Gasteiger partial charge in [0.1, 0.15) is 12.4 Å². The molecule has 17 heavy (non-hydrogen) atoms. The third-order valence-corrected chi connectivity index (χ3v) is 2.19. The molecule has 1 rings (SSSR count). The van der Waals surface area contributed by atoms with Crippen LogP contribution in [0.25, 0.3) is 0 Å². The first-order valence-electron chi connectivity index (χ1n) is 4.76. The number of alkyl halides is 2. The van der Waals surface area contributed by atoms with Crippen molar-refractivity contribution >= 4 is 5.91 Å². The first-order valence-corrected chi connectivity index (χ1v) is 4.76. The van der Waals surface area contributed by atoms with Crippen molar-refractivity contribution in [3.63, 3.8) is 0 Å². The molecule has 1 aromatic carbocycles. The minimum absolute atomic E-state index is 0.412. The van der Waals surface area contributed by atoms with Gasteiger partial charge in [0.2, 0.25) is 5.91 Å². The number of primary amides is 1. The molecule has 0 saturated heterocycles. The summed E-state index contributed by atoms with van der Waals surface area (Å²) in [7, 11) is 0. The molecule has 0 fully saturated rings. The summed E-state index contributed by atoms with van der Waals surface area (Å²) in [4.78, 5) is 10.7. The van der Waals surface area contributed by atoms with Gasteiger partial charge in [-0.1, -0.05) is 18.2 Å². The second-order valence-corrected chi connectivity index (χ2v) is 3.46. The number of hydrogen-bond acceptors (Lipinski definition) is 2. The average molecular weight is 246 g/mol. The highest BCUT2D eigenvalue weighted by atomic mass is 19.3. The van der Waals surface area contributed by atoms with Gasteiger partial charge >= 0.3 is 0 Å². The number of rotatable bonds is 5. The fourth-order valence-corrected chi connectivity index (χ4v) is 1.40. The van der Waals surface area contributed by atoms with E-state index in [0.29, 0.717) is 0 Å². The molecule has 0 heterocycles. The first kappa shape index (κ1) is 13.5. The van der Waals surface area contributed by atoms with Gasteiger partial charge in [0.25, 0.3) is 5.92 Å². The molecule has 1 radical (unpaired) electrons. The second kappa shape index (κ2) is 5.18. The molecule has 0 saturated carbocycles. The molecule has 0 bridgehead atoms. The summed E-state index contributed by atoms with van der Waals surface area (Å²) >= 11 is 0. The van der Waals surface area contributed by atoms with E-state index in [1.807, 2.05) is 0 Å². The van der Waals surface area contributed by atoms with Gasteiger partial charge in [-0.15, -0.1) is 0 Å². The van der Waals surface area contributed by atoms with Crippen LogP contribution < -0.4 is 5.73 Å². The van der Waals surface area contributed by atoms with Gasteiger partial charge in [-0.05, 0) is 6.07 Å². The van der Waals surface area contributed by atoms with Crippen LogP contribution in [0.2, 0.25) is 0 Å². The van der Waals surface area contributed by atoms with Gasteiger partial charge in [-0.3, -0.25) is 4.79 Å². The number of carbonyl (C=O) groups is 1. The summed E-state index contributed by atoms with van der Waals surface area (Å²) in [6.45, 7) is -1.51. The summed E-state index contributed by atoms with van der Waals surface area (Å²) in [5, 5.41) is 8.58. The molecule has 0 spiro atoms. The molecule has 0 aliphatic rings. The Hall–Kier alpha value is -1.56. The Balaban J connectivity index is 3.15. The zero-order valence-electron chi connectivity index (χ0n) is 8.79. The molecule has 0 aromatic heterocycles. The molecule has 0 aliphatic heterocycles. The predicted octanol–water partition coefficient (Wildman–Crippen LogP) is 1.25. The zero-order chi connectivity index (χ0) is 13.1. The second-order valence-electron chi connectivity index (χ2n) is 3.46. The largest absolute Gasteiger partial charge is 0.390 e. The summed E-state index contributed by atoms with van der Waals surface area (Å²) in [5.41, 5.74) is 4.42. The van der Waals surface area contributed by atoms with Crippen LogP contribution >= 0.6 is 0 Å². The Bertz CT molecular complexity index is 409. The highest BCUT2D eigenvalue weighted by Crippen LogP contribution is 2.35. The molecule has 1 amide bonds. The summed E-state index contributed by atoms with van der Waals surface area (Å²) < 4.78 is 40.1. The number of halogens is 3. The highest BCUT2D eigenvalue weighted by molar-refractivity contribution is 5.77. The Morgan fingerprint density at radius 2 is 1.94 bits per heavy atom. The molecule has 0 atom stereocenters. The van der Waals surface area contributed by atoms with Crippen LogP contribution in [0.5, 0.6) is 0 Å². The minimum atomic E-state index is -3.68. The van der Waals surface area contributed by atoms with Crippen LogP contribution in [0.15, 0.2) is 24.3 Å². The molecule has 6 heteroatoms. The van der Waals surface area contributed by atoms with Crippen molar-refractivity contribution in [1.82, 2.24) is 0 Å². The quantitative estimate of drug-likeness (QED) is 0.821. The van der Waals surface area contributed by atoms with E-state index in [1.54, 1.807) is 0 Å². The SMILES string of the molecule is NC(=O)C[C](c1ccccc1F)C(F)(F)CO. The van der Waals surface area contributed by atoms with Crippen LogP contribution in [0.1, 0.15) is 12.0 Å². The van der Waals surface area contributed by atoms with Crippen molar-refractivity contribution in [2.45, 2.75) is 12.3 Å². The number of aliphatic hydroxyl groups excluding tert-OH is 1. The monoisotopic (exact) mass is 246 g/mol. The van der Waals surface area contributed by atoms with Gasteiger partial charge in [-0.2, -0.15) is 0 Å². The average Bonchev–Trinajstić information content (AvgIpc) is 2.26. The Labute approximate surface area is 96.0 Å². The molecular weight excluding hydrogens is 235 g/mol. The van der Waals surface area contributed by atoms with Crippen LogP contribution in [-0.4, -0.2) is 23.5 Å². The smallest absolute Gasteiger partial charge is 0.281 e. The van der Waals surface area contributed by atoms with Crippen molar-refractivity contribution in [1.29, 1.82) is 0 Å². The number of carbonyl (C=O) groups excluding carboxylic acids is 1. The number of amides is 1. The van der Waals surface area contributed by atoms with Crippen molar-refractivity contribution in [2.24, 2.45) is 5.73 Å². The van der Waals surface area contributed by atoms with E-state index in [9.17, 15) is 18.0 Å². The topological polar surface area (TPSA) is 63.3 Å². The van der Waals surface area contributed by atoms with Gasteiger partial charge in [0.05, 0.1) is 5.92 Å². The molecule has 3 nitrogen and oxygen atoms in total. The molecule has 3 N–H and O–H groups in total. The van der Waals surface area contributed by atoms with E-state index < -0.39 is 42.2 Å². The Morgan fingerprint density at radius 3 is 2.41 bits per heavy atom. The van der Waals surface area contributed by atoms with Crippen molar-refractivity contribution in [3.05, 3.63) is 41.6 Å². The fourth-order valence-electron chi connectivity index (χ4n) is 1.40. The first-order chi connectivity index (χ1) is 7.88. The zero-order valence-corrected chi connectivity index (χ0v) is 8.79. The van der Waals surface area contributed by atoms with Gasteiger partial charge in [0, 0.05) is 12.0 Å². The van der Waals surface area contributed by atoms with Crippen LogP contribution in [-0.2, 0) is 4.79 Å². The van der Waals surface area contributed by atoms with Crippen molar-refractivity contribution in [3.8, 4) is 0 Å². The van der Waals surface area contributed by atoms with Gasteiger partial charge in [-0.25, -0.2) is 13.2 Å². The van der Waals surface area contributed by atoms with Crippen LogP contribution in [0.4, 0.5) is 13.2 Å². The lowest BCUT2D eigenvalue weighted by molar-refractivity contribution is -0.119. The lowest BCUT2D eigenvalue weighted by atomic mass is 9.89. The molecule has 0 aliphatic carbocycles. The maximum Gasteiger partial charge on any atom is 0.281 e. The summed E-state index contributed by atoms with van der Waals surface area (Å²) in [5.74, 6) is -6.41. The van der Waals surface area contributed by atoms with Gasteiger partial charge < -0.3 is 10.8 Å². The molecular formula is C11H11F3NO2. The molecule has 93 valence electrons. The van der Waals surface area contributed by atoms with Crippen molar-refractivity contribution in [2.75, 3.05) is 6.61 Å². The standard InChI is InChI=1S/C11H11F3NO2/c12-9-4-2-1-3-7(9)8(5-10(15)17)11(13,14)6-16/h1-4,16H,5-6H2,(H2,15,17). The van der Waals surface area contributed by atoms with Crippen LogP contribution in [0, 0.1) is 11.7 Å². The molecule has 0 unspecified atom stereocenters. The number of aliphatic hydroxyl groups is 1. The maximum atomic E-state index is 13.4. The van der Waals surface area contributed by atoms with Crippen molar-refractivity contribution < 1.29 is 23.1 Å². The Kier molecular flexibility index (Phi) is 4.11. The van der Waals surface area contributed by atoms with E-state index in [2.05, 4.69) is 0 Å².